The number of halogens is 4. The minimum atomic E-state index is -0.736. The molecule has 0 fully saturated rings. The zero-order valence-corrected chi connectivity index (χ0v) is 15.0. The Bertz CT molecular complexity index is 604. The van der Waals surface area contributed by atoms with Crippen LogP contribution in [0, 0.1) is 9.39 Å². The van der Waals surface area contributed by atoms with Crippen LogP contribution in [0.25, 0.3) is 0 Å². The van der Waals surface area contributed by atoms with Crippen LogP contribution >= 0.6 is 54.5 Å². The lowest BCUT2D eigenvalue weighted by molar-refractivity contribution is 0.176. The van der Waals surface area contributed by atoms with Gasteiger partial charge in [-0.05, 0) is 64.0 Å². The quantitative estimate of drug-likeness (QED) is 0.573. The second-order valence-corrected chi connectivity index (χ2v) is 7.14. The van der Waals surface area contributed by atoms with Crippen LogP contribution in [0.15, 0.2) is 45.3 Å². The summed E-state index contributed by atoms with van der Waals surface area (Å²) in [6, 6.07) is 10.6. The van der Waals surface area contributed by atoms with E-state index >= 15 is 0 Å². The highest BCUT2D eigenvalue weighted by Crippen LogP contribution is 2.29. The van der Waals surface area contributed by atoms with E-state index in [1.54, 1.807) is 12.1 Å². The Morgan fingerprint density at radius 1 is 1.16 bits per heavy atom. The van der Waals surface area contributed by atoms with Crippen molar-refractivity contribution in [2.45, 2.75) is 12.5 Å². The number of hydrogen-bond acceptors (Lipinski definition) is 1. The van der Waals surface area contributed by atoms with E-state index < -0.39 is 6.10 Å². The molecule has 2 aromatic carbocycles. The molecule has 1 N–H and O–H groups in total. The van der Waals surface area contributed by atoms with Crippen molar-refractivity contribution < 1.29 is 9.50 Å². The first-order chi connectivity index (χ1) is 8.97. The normalized spacial score (nSPS) is 12.5. The summed E-state index contributed by atoms with van der Waals surface area (Å²) >= 11 is 8.81. The SMILES string of the molecule is OC(Cc1ccc(Br)cc1F)c1cc(I)ccc1Br. The molecule has 100 valence electrons. The smallest absolute Gasteiger partial charge is 0.127 e. The molecule has 0 aliphatic rings. The summed E-state index contributed by atoms with van der Waals surface area (Å²) in [5.74, 6) is -0.310. The molecule has 1 atom stereocenters. The van der Waals surface area contributed by atoms with Crippen LogP contribution in [0.2, 0.25) is 0 Å². The van der Waals surface area contributed by atoms with Crippen LogP contribution in [0.1, 0.15) is 17.2 Å². The summed E-state index contributed by atoms with van der Waals surface area (Å²) in [4.78, 5) is 0. The minimum absolute atomic E-state index is 0.248. The maximum atomic E-state index is 13.8. The molecule has 0 aliphatic carbocycles. The van der Waals surface area contributed by atoms with Gasteiger partial charge in [-0.1, -0.05) is 37.9 Å². The summed E-state index contributed by atoms with van der Waals surface area (Å²) in [6.45, 7) is 0. The number of aliphatic hydroxyl groups is 1. The van der Waals surface area contributed by atoms with Crippen molar-refractivity contribution in [1.82, 2.24) is 0 Å². The molecule has 2 aromatic rings. The van der Waals surface area contributed by atoms with E-state index in [0.29, 0.717) is 10.0 Å². The van der Waals surface area contributed by atoms with Gasteiger partial charge in [0.05, 0.1) is 6.10 Å². The molecule has 0 heterocycles. The van der Waals surface area contributed by atoms with Gasteiger partial charge in [-0.2, -0.15) is 0 Å². The molecule has 0 spiro atoms. The van der Waals surface area contributed by atoms with Gasteiger partial charge in [0.2, 0.25) is 0 Å². The molecule has 0 aromatic heterocycles. The fraction of sp³-hybridized carbons (Fsp3) is 0.143. The van der Waals surface area contributed by atoms with Crippen molar-refractivity contribution in [3.05, 3.63) is 65.9 Å². The molecule has 0 saturated heterocycles. The highest BCUT2D eigenvalue weighted by Gasteiger charge is 2.15. The number of hydrogen-bond donors (Lipinski definition) is 1. The van der Waals surface area contributed by atoms with E-state index in [0.717, 1.165) is 13.6 Å². The average molecular weight is 500 g/mol. The monoisotopic (exact) mass is 498 g/mol. The Balaban J connectivity index is 2.25. The number of benzene rings is 2. The van der Waals surface area contributed by atoms with Crippen molar-refractivity contribution in [3.63, 3.8) is 0 Å². The first kappa shape index (κ1) is 15.4. The van der Waals surface area contributed by atoms with E-state index in [2.05, 4.69) is 54.5 Å². The number of rotatable bonds is 3. The fourth-order valence-corrected chi connectivity index (χ4v) is 3.13. The van der Waals surface area contributed by atoms with Crippen LogP contribution in [0.3, 0.4) is 0 Å². The summed E-state index contributed by atoms with van der Waals surface area (Å²) in [7, 11) is 0. The Hall–Kier alpha value is 0.0200. The van der Waals surface area contributed by atoms with Crippen molar-refractivity contribution in [2.75, 3.05) is 0 Å². The maximum absolute atomic E-state index is 13.8. The van der Waals surface area contributed by atoms with E-state index in [-0.39, 0.29) is 12.2 Å². The second kappa shape index (κ2) is 6.65. The zero-order valence-electron chi connectivity index (χ0n) is 9.71. The van der Waals surface area contributed by atoms with Crippen molar-refractivity contribution >= 4 is 54.5 Å². The molecule has 1 nitrogen and oxygen atoms in total. The van der Waals surface area contributed by atoms with Crippen molar-refractivity contribution in [1.29, 1.82) is 0 Å². The molecule has 0 aliphatic heterocycles. The Labute approximate surface area is 141 Å². The summed E-state index contributed by atoms with van der Waals surface area (Å²) < 4.78 is 16.3. The van der Waals surface area contributed by atoms with Gasteiger partial charge in [0.1, 0.15) is 5.82 Å². The predicted molar refractivity (Wildman–Crippen MR) is 89.6 cm³/mol. The van der Waals surface area contributed by atoms with Gasteiger partial charge in [-0.3, -0.25) is 0 Å². The third kappa shape index (κ3) is 4.00. The Morgan fingerprint density at radius 2 is 1.89 bits per heavy atom. The maximum Gasteiger partial charge on any atom is 0.127 e. The molecule has 2 rings (SSSR count). The summed E-state index contributed by atoms with van der Waals surface area (Å²) in [5.41, 5.74) is 1.27. The van der Waals surface area contributed by atoms with Crippen LogP contribution in [-0.2, 0) is 6.42 Å². The van der Waals surface area contributed by atoms with Crippen LogP contribution in [0.5, 0.6) is 0 Å². The topological polar surface area (TPSA) is 20.2 Å². The summed E-state index contributed by atoms with van der Waals surface area (Å²) in [6.07, 6.45) is -0.489. The van der Waals surface area contributed by atoms with Crippen molar-refractivity contribution in [2.24, 2.45) is 0 Å². The van der Waals surface area contributed by atoms with Gasteiger partial charge >= 0.3 is 0 Å². The van der Waals surface area contributed by atoms with Crippen LogP contribution in [0.4, 0.5) is 4.39 Å². The van der Waals surface area contributed by atoms with Gasteiger partial charge in [0, 0.05) is 18.9 Å². The second-order valence-electron chi connectivity index (χ2n) is 4.12. The lowest BCUT2D eigenvalue weighted by atomic mass is 10.0. The molecule has 0 bridgehead atoms. The molecule has 19 heavy (non-hydrogen) atoms. The van der Waals surface area contributed by atoms with Crippen molar-refractivity contribution in [3.8, 4) is 0 Å². The van der Waals surface area contributed by atoms with Gasteiger partial charge < -0.3 is 5.11 Å². The first-order valence-electron chi connectivity index (χ1n) is 5.54. The lowest BCUT2D eigenvalue weighted by Crippen LogP contribution is -2.04. The molecular formula is C14H10Br2FIO. The third-order valence-corrected chi connectivity index (χ3v) is 4.63. The molecule has 0 amide bonds. The molecule has 0 radical (unpaired) electrons. The molecule has 1 unspecified atom stereocenters. The minimum Gasteiger partial charge on any atom is -0.388 e. The first-order valence-corrected chi connectivity index (χ1v) is 8.21. The number of aliphatic hydroxyl groups excluding tert-OH is 1. The van der Waals surface area contributed by atoms with E-state index in [1.807, 2.05) is 18.2 Å². The van der Waals surface area contributed by atoms with E-state index in [9.17, 15) is 9.50 Å². The van der Waals surface area contributed by atoms with Crippen LogP contribution < -0.4 is 0 Å². The van der Waals surface area contributed by atoms with Crippen LogP contribution in [-0.4, -0.2) is 5.11 Å². The van der Waals surface area contributed by atoms with E-state index in [1.165, 1.54) is 6.07 Å². The highest BCUT2D eigenvalue weighted by molar-refractivity contribution is 14.1. The Kier molecular flexibility index (Phi) is 5.39. The third-order valence-electron chi connectivity index (χ3n) is 2.75. The molecule has 5 heteroatoms. The van der Waals surface area contributed by atoms with Gasteiger partial charge in [0.15, 0.2) is 0 Å². The highest BCUT2D eigenvalue weighted by atomic mass is 127. The fourth-order valence-electron chi connectivity index (χ4n) is 1.78. The zero-order chi connectivity index (χ0) is 14.0. The molecule has 0 saturated carbocycles. The standard InChI is InChI=1S/C14H10Br2FIO/c15-9-2-1-8(13(17)6-9)5-14(19)11-7-10(18)3-4-12(11)16/h1-4,6-7,14,19H,5H2. The van der Waals surface area contributed by atoms with Gasteiger partial charge in [-0.25, -0.2) is 4.39 Å². The average Bonchev–Trinajstić information content (AvgIpc) is 2.35. The largest absolute Gasteiger partial charge is 0.388 e. The van der Waals surface area contributed by atoms with Gasteiger partial charge in [0.25, 0.3) is 0 Å². The summed E-state index contributed by atoms with van der Waals surface area (Å²) in [5, 5.41) is 10.3. The lowest BCUT2D eigenvalue weighted by Gasteiger charge is -2.14. The molecular weight excluding hydrogens is 490 g/mol. The Morgan fingerprint density at radius 3 is 2.58 bits per heavy atom. The predicted octanol–water partition coefficient (Wildman–Crippen LogP) is 5.23. The van der Waals surface area contributed by atoms with E-state index in [4.69, 9.17) is 0 Å². The van der Waals surface area contributed by atoms with Gasteiger partial charge in [-0.15, -0.1) is 0 Å².